The van der Waals surface area contributed by atoms with Crippen molar-refractivity contribution in [3.63, 3.8) is 0 Å². The van der Waals surface area contributed by atoms with Gasteiger partial charge in [-0.2, -0.15) is 0 Å². The summed E-state index contributed by atoms with van der Waals surface area (Å²) >= 11 is 0. The van der Waals surface area contributed by atoms with E-state index >= 15 is 0 Å². The largest absolute Gasteiger partial charge is 0.360 e. The maximum absolute atomic E-state index is 13.3. The van der Waals surface area contributed by atoms with E-state index in [1.807, 2.05) is 42.0 Å². The van der Waals surface area contributed by atoms with Gasteiger partial charge in [-0.1, -0.05) is 18.2 Å². The van der Waals surface area contributed by atoms with Gasteiger partial charge in [0, 0.05) is 51.5 Å². The first-order valence-corrected chi connectivity index (χ1v) is 10.3. The zero-order valence-corrected chi connectivity index (χ0v) is 17.1. The Labute approximate surface area is 175 Å². The van der Waals surface area contributed by atoms with Gasteiger partial charge in [-0.05, 0) is 18.6 Å². The number of nitrogens with zero attached hydrogens (tertiary/aromatic N) is 5. The molecule has 4 atom stereocenters. The molecular formula is C22H25N5O3. The van der Waals surface area contributed by atoms with Crippen molar-refractivity contribution in [2.24, 2.45) is 11.8 Å². The summed E-state index contributed by atoms with van der Waals surface area (Å²) in [5.74, 6) is -0.0733. The number of imidazole rings is 1. The quantitative estimate of drug-likeness (QED) is 0.668. The number of likely N-dealkylation sites (N-methyl/N-ethyl adjacent to an activating group) is 1. The van der Waals surface area contributed by atoms with Gasteiger partial charge in [-0.25, -0.2) is 4.98 Å². The molecule has 2 amide bonds. The number of aromatic nitrogens is 3. The average Bonchev–Trinajstić information content (AvgIpc) is 3.48. The van der Waals surface area contributed by atoms with E-state index in [1.165, 1.54) is 0 Å². The highest BCUT2D eigenvalue weighted by atomic mass is 16.5. The Hall–Kier alpha value is -3.00. The average molecular weight is 407 g/mol. The maximum Gasteiger partial charge on any atom is 0.230 e. The predicted octanol–water partition coefficient (Wildman–Crippen LogP) is 1.03. The van der Waals surface area contributed by atoms with E-state index in [0.29, 0.717) is 26.2 Å². The van der Waals surface area contributed by atoms with Gasteiger partial charge in [0.1, 0.15) is 11.4 Å². The fraction of sp³-hybridized carbons (Fsp3) is 0.455. The highest BCUT2D eigenvalue weighted by Gasteiger charge is 2.67. The summed E-state index contributed by atoms with van der Waals surface area (Å²) in [6.45, 7) is 4.10. The van der Waals surface area contributed by atoms with E-state index in [4.69, 9.17) is 4.74 Å². The number of amides is 2. The van der Waals surface area contributed by atoms with Crippen molar-refractivity contribution < 1.29 is 14.3 Å². The second kappa shape index (κ2) is 7.05. The predicted molar refractivity (Wildman–Crippen MR) is 108 cm³/mol. The smallest absolute Gasteiger partial charge is 0.230 e. The lowest BCUT2D eigenvalue weighted by atomic mass is 9.76. The van der Waals surface area contributed by atoms with Gasteiger partial charge >= 0.3 is 0 Å². The number of hydrogen-bond acceptors (Lipinski definition) is 5. The fourth-order valence-electron chi connectivity index (χ4n) is 4.97. The zero-order valence-electron chi connectivity index (χ0n) is 17.1. The molecule has 0 N–H and O–H groups in total. The van der Waals surface area contributed by atoms with Crippen molar-refractivity contribution in [2.75, 3.05) is 20.1 Å². The number of likely N-dealkylation sites (tertiary alicyclic amines) is 1. The lowest BCUT2D eigenvalue weighted by molar-refractivity contribution is -0.142. The highest BCUT2D eigenvalue weighted by molar-refractivity contribution is 5.93. The minimum atomic E-state index is -0.688. The Balaban J connectivity index is 1.31. The van der Waals surface area contributed by atoms with Crippen molar-refractivity contribution in [3.05, 3.63) is 60.5 Å². The second-order valence-corrected chi connectivity index (χ2v) is 8.38. The van der Waals surface area contributed by atoms with Crippen molar-refractivity contribution >= 4 is 11.8 Å². The molecule has 1 spiro atoms. The number of carbonyl (C=O) groups excluding carboxylic acids is 2. The molecule has 0 aromatic carbocycles. The summed E-state index contributed by atoms with van der Waals surface area (Å²) in [7, 11) is 1.80. The molecule has 0 radical (unpaired) electrons. The van der Waals surface area contributed by atoms with Crippen LogP contribution in [-0.2, 0) is 27.4 Å². The summed E-state index contributed by atoms with van der Waals surface area (Å²) in [4.78, 5) is 38.5. The molecule has 30 heavy (non-hydrogen) atoms. The molecule has 8 heteroatoms. The number of carbonyl (C=O) groups is 2. The number of hydrogen-bond donors (Lipinski definition) is 0. The zero-order chi connectivity index (χ0) is 20.9. The van der Waals surface area contributed by atoms with Gasteiger partial charge in [0.25, 0.3) is 0 Å². The third-order valence-corrected chi connectivity index (χ3v) is 6.54. The Morgan fingerprint density at radius 2 is 2.27 bits per heavy atom. The molecule has 0 aliphatic carbocycles. The monoisotopic (exact) mass is 407 g/mol. The second-order valence-electron chi connectivity index (χ2n) is 8.38. The summed E-state index contributed by atoms with van der Waals surface area (Å²) in [6, 6.07) is 3.81. The Kier molecular flexibility index (Phi) is 4.47. The van der Waals surface area contributed by atoms with Crippen LogP contribution in [0.15, 0.2) is 49.1 Å². The molecule has 2 aromatic heterocycles. The van der Waals surface area contributed by atoms with E-state index < -0.39 is 17.4 Å². The molecule has 3 aliphatic heterocycles. The molecule has 5 rings (SSSR count). The van der Waals surface area contributed by atoms with Gasteiger partial charge in [0.15, 0.2) is 0 Å². The molecule has 0 saturated carbocycles. The third-order valence-electron chi connectivity index (χ3n) is 6.54. The van der Waals surface area contributed by atoms with Gasteiger partial charge in [0.05, 0.1) is 24.5 Å². The number of aryl methyl sites for hydroxylation is 1. The summed E-state index contributed by atoms with van der Waals surface area (Å²) in [5.41, 5.74) is 0.281. The Morgan fingerprint density at radius 1 is 1.40 bits per heavy atom. The minimum absolute atomic E-state index is 0.0112. The first kappa shape index (κ1) is 19.0. The summed E-state index contributed by atoms with van der Waals surface area (Å²) in [5, 5.41) is 0. The first-order valence-electron chi connectivity index (χ1n) is 10.3. The molecule has 2 saturated heterocycles. The van der Waals surface area contributed by atoms with Crippen LogP contribution in [0.3, 0.4) is 0 Å². The SMILES string of the molecule is Cc1nccn1CCN(C)C(=O)[C@@H]1[C@@H]2C=C[C@@]3(CN(Cc4cccnc4)C(=O)[C@H]13)O2. The van der Waals surface area contributed by atoms with Gasteiger partial charge in [-0.3, -0.25) is 14.6 Å². The topological polar surface area (TPSA) is 80.6 Å². The summed E-state index contributed by atoms with van der Waals surface area (Å²) in [6.07, 6.45) is 10.8. The van der Waals surface area contributed by atoms with E-state index in [2.05, 4.69) is 9.97 Å². The molecular weight excluding hydrogens is 382 g/mol. The molecule has 2 fully saturated rings. The Morgan fingerprint density at radius 3 is 3.00 bits per heavy atom. The molecule has 5 heterocycles. The van der Waals surface area contributed by atoms with Crippen LogP contribution in [0.4, 0.5) is 0 Å². The van der Waals surface area contributed by atoms with Crippen LogP contribution in [0, 0.1) is 18.8 Å². The van der Waals surface area contributed by atoms with Gasteiger partial charge in [-0.15, -0.1) is 0 Å². The van der Waals surface area contributed by atoms with Crippen molar-refractivity contribution in [2.45, 2.75) is 31.7 Å². The lowest BCUT2D eigenvalue weighted by Crippen LogP contribution is -2.45. The van der Waals surface area contributed by atoms with Crippen LogP contribution in [0.25, 0.3) is 0 Å². The van der Waals surface area contributed by atoms with Gasteiger partial charge in [0.2, 0.25) is 11.8 Å². The number of ether oxygens (including phenoxy) is 1. The lowest BCUT2D eigenvalue weighted by Gasteiger charge is -2.28. The van der Waals surface area contributed by atoms with Crippen LogP contribution in [0.5, 0.6) is 0 Å². The Bertz CT molecular complexity index is 1000. The molecule has 0 unspecified atom stereocenters. The number of fused-ring (bicyclic) bond motifs is 1. The van der Waals surface area contributed by atoms with Crippen LogP contribution in [0.1, 0.15) is 11.4 Å². The highest BCUT2D eigenvalue weighted by Crippen LogP contribution is 2.52. The molecule has 2 aromatic rings. The molecule has 3 aliphatic rings. The normalized spacial score (nSPS) is 28.9. The van der Waals surface area contributed by atoms with E-state index in [9.17, 15) is 9.59 Å². The maximum atomic E-state index is 13.3. The molecule has 8 nitrogen and oxygen atoms in total. The van der Waals surface area contributed by atoms with E-state index in [-0.39, 0.29) is 17.9 Å². The van der Waals surface area contributed by atoms with Crippen molar-refractivity contribution in [3.8, 4) is 0 Å². The number of rotatable bonds is 6. The molecule has 156 valence electrons. The van der Waals surface area contributed by atoms with E-state index in [0.717, 1.165) is 11.4 Å². The fourth-order valence-corrected chi connectivity index (χ4v) is 4.97. The van der Waals surface area contributed by atoms with Crippen molar-refractivity contribution in [1.29, 1.82) is 0 Å². The van der Waals surface area contributed by atoms with Crippen LogP contribution in [0.2, 0.25) is 0 Å². The van der Waals surface area contributed by atoms with E-state index in [1.54, 1.807) is 35.4 Å². The minimum Gasteiger partial charge on any atom is -0.360 e. The third kappa shape index (κ3) is 2.94. The van der Waals surface area contributed by atoms with Crippen LogP contribution in [-0.4, -0.2) is 68.0 Å². The van der Waals surface area contributed by atoms with Crippen LogP contribution >= 0.6 is 0 Å². The molecule has 2 bridgehead atoms. The first-order chi connectivity index (χ1) is 14.5. The van der Waals surface area contributed by atoms with Gasteiger partial charge < -0.3 is 19.1 Å². The van der Waals surface area contributed by atoms with Crippen molar-refractivity contribution in [1.82, 2.24) is 24.3 Å². The summed E-state index contributed by atoms with van der Waals surface area (Å²) < 4.78 is 8.24. The standard InChI is InChI=1S/C22H25N5O3/c1-15-24-8-9-26(15)11-10-25(2)20(28)18-17-5-6-22(30-17)14-27(21(29)19(18)22)13-16-4-3-7-23-12-16/h3-9,12,17-19H,10-11,13-14H2,1-2H3/t17-,18+,19-,22-/m0/s1. The number of pyridine rings is 1. The van der Waals surface area contributed by atoms with Crippen LogP contribution < -0.4 is 0 Å².